The number of nitrogens with one attached hydrogen (secondary N) is 1. The molecule has 0 fully saturated rings. The van der Waals surface area contributed by atoms with Gasteiger partial charge in [-0.25, -0.2) is 4.98 Å². The van der Waals surface area contributed by atoms with Crippen LogP contribution in [0.5, 0.6) is 11.5 Å². The number of ether oxygens (including phenoxy) is 2. The zero-order chi connectivity index (χ0) is 19.2. The smallest absolute Gasteiger partial charge is 0.226 e. The first kappa shape index (κ1) is 19.2. The molecule has 0 spiro atoms. The highest BCUT2D eigenvalue weighted by Gasteiger charge is 2.15. The number of thiazole rings is 1. The van der Waals surface area contributed by atoms with Gasteiger partial charge in [-0.2, -0.15) is 0 Å². The molecule has 2 aromatic carbocycles. The molecule has 7 heteroatoms. The van der Waals surface area contributed by atoms with E-state index in [0.717, 1.165) is 16.1 Å². The predicted molar refractivity (Wildman–Crippen MR) is 108 cm³/mol. The average Bonchev–Trinajstić information content (AvgIpc) is 3.14. The summed E-state index contributed by atoms with van der Waals surface area (Å²) in [5.74, 6) is 1.18. The third-order valence-electron chi connectivity index (χ3n) is 3.91. The number of hydrogen-bond acceptors (Lipinski definition) is 5. The monoisotopic (exact) mass is 402 g/mol. The molecule has 0 aliphatic carbocycles. The van der Waals surface area contributed by atoms with E-state index in [4.69, 9.17) is 21.1 Å². The van der Waals surface area contributed by atoms with E-state index in [-0.39, 0.29) is 12.3 Å². The van der Waals surface area contributed by atoms with Crippen molar-refractivity contribution in [1.82, 2.24) is 10.3 Å². The molecule has 27 heavy (non-hydrogen) atoms. The van der Waals surface area contributed by atoms with E-state index >= 15 is 0 Å². The van der Waals surface area contributed by atoms with Gasteiger partial charge >= 0.3 is 0 Å². The lowest BCUT2D eigenvalue weighted by Gasteiger charge is -2.10. The molecule has 0 aliphatic rings. The van der Waals surface area contributed by atoms with E-state index in [1.807, 2.05) is 41.8 Å². The van der Waals surface area contributed by atoms with Gasteiger partial charge in [0.05, 0.1) is 31.9 Å². The van der Waals surface area contributed by atoms with Crippen LogP contribution in [-0.4, -0.2) is 25.1 Å². The van der Waals surface area contributed by atoms with Crippen molar-refractivity contribution >= 4 is 28.8 Å². The predicted octanol–water partition coefficient (Wildman–Crippen LogP) is 4.34. The van der Waals surface area contributed by atoms with E-state index in [2.05, 4.69) is 10.3 Å². The van der Waals surface area contributed by atoms with Crippen LogP contribution in [0.3, 0.4) is 0 Å². The van der Waals surface area contributed by atoms with Crippen LogP contribution in [0.25, 0.3) is 10.6 Å². The molecule has 1 amide bonds. The van der Waals surface area contributed by atoms with Crippen LogP contribution in [0.4, 0.5) is 0 Å². The van der Waals surface area contributed by atoms with Crippen LogP contribution < -0.4 is 14.8 Å². The van der Waals surface area contributed by atoms with Gasteiger partial charge in [0.2, 0.25) is 5.91 Å². The van der Waals surface area contributed by atoms with Crippen molar-refractivity contribution in [3.05, 3.63) is 64.1 Å². The molecule has 0 aliphatic heterocycles. The highest BCUT2D eigenvalue weighted by molar-refractivity contribution is 7.13. The van der Waals surface area contributed by atoms with Crippen molar-refractivity contribution in [3.8, 4) is 22.1 Å². The Morgan fingerprint density at radius 3 is 2.74 bits per heavy atom. The van der Waals surface area contributed by atoms with Gasteiger partial charge in [0, 0.05) is 16.9 Å². The molecule has 5 nitrogen and oxygen atoms in total. The first-order chi connectivity index (χ1) is 13.1. The minimum absolute atomic E-state index is 0.0931. The van der Waals surface area contributed by atoms with Crippen molar-refractivity contribution in [1.29, 1.82) is 0 Å². The maximum Gasteiger partial charge on any atom is 0.226 e. The summed E-state index contributed by atoms with van der Waals surface area (Å²) in [5, 5.41) is 6.20. The van der Waals surface area contributed by atoms with Crippen LogP contribution in [-0.2, 0) is 17.8 Å². The minimum Gasteiger partial charge on any atom is -0.493 e. The molecular weight excluding hydrogens is 384 g/mol. The average molecular weight is 403 g/mol. The fourth-order valence-corrected chi connectivity index (χ4v) is 3.70. The van der Waals surface area contributed by atoms with Gasteiger partial charge in [-0.3, -0.25) is 4.79 Å². The molecule has 140 valence electrons. The lowest BCUT2D eigenvalue weighted by Crippen LogP contribution is -2.24. The van der Waals surface area contributed by atoms with Crippen molar-refractivity contribution < 1.29 is 14.3 Å². The van der Waals surface area contributed by atoms with E-state index in [0.29, 0.717) is 28.8 Å². The van der Waals surface area contributed by atoms with E-state index in [9.17, 15) is 4.79 Å². The number of methoxy groups -OCH3 is 2. The number of carbonyl (C=O) groups is 1. The molecule has 0 radical (unpaired) electrons. The Hall–Kier alpha value is -2.57. The number of hydrogen-bond donors (Lipinski definition) is 1. The first-order valence-corrected chi connectivity index (χ1v) is 9.53. The molecular formula is C20H19ClN2O3S. The SMILES string of the molecule is COc1cccc(-c2nc(CC(=O)NCc3cccc(Cl)c3)cs2)c1OC. The summed E-state index contributed by atoms with van der Waals surface area (Å²) in [7, 11) is 3.19. The van der Waals surface area contributed by atoms with Crippen molar-refractivity contribution in [2.45, 2.75) is 13.0 Å². The van der Waals surface area contributed by atoms with E-state index in [1.54, 1.807) is 20.3 Å². The Morgan fingerprint density at radius 1 is 1.19 bits per heavy atom. The van der Waals surface area contributed by atoms with Crippen molar-refractivity contribution in [2.75, 3.05) is 14.2 Å². The summed E-state index contributed by atoms with van der Waals surface area (Å²) in [6.45, 7) is 0.431. The highest BCUT2D eigenvalue weighted by atomic mass is 35.5. The summed E-state index contributed by atoms with van der Waals surface area (Å²) in [6.07, 6.45) is 0.212. The fourth-order valence-electron chi connectivity index (χ4n) is 2.64. The molecule has 3 rings (SSSR count). The standard InChI is InChI=1S/C20H19ClN2O3S/c1-25-17-8-4-7-16(19(17)26-2)20-23-15(12-27-20)10-18(24)22-11-13-5-3-6-14(21)9-13/h3-9,12H,10-11H2,1-2H3,(H,22,24). The highest BCUT2D eigenvalue weighted by Crippen LogP contribution is 2.38. The number of nitrogens with zero attached hydrogens (tertiary/aromatic N) is 1. The number of aromatic nitrogens is 1. The molecule has 1 aromatic heterocycles. The summed E-state index contributed by atoms with van der Waals surface area (Å²) in [5.41, 5.74) is 2.51. The molecule has 0 saturated carbocycles. The molecule has 1 N–H and O–H groups in total. The second-order valence-electron chi connectivity index (χ2n) is 5.77. The Bertz CT molecular complexity index is 942. The number of rotatable bonds is 7. The molecule has 3 aromatic rings. The van der Waals surface area contributed by atoms with E-state index < -0.39 is 0 Å². The Balaban J connectivity index is 1.67. The largest absolute Gasteiger partial charge is 0.493 e. The quantitative estimate of drug-likeness (QED) is 0.638. The number of benzene rings is 2. The lowest BCUT2D eigenvalue weighted by atomic mass is 10.2. The van der Waals surface area contributed by atoms with Gasteiger partial charge in [0.15, 0.2) is 11.5 Å². The van der Waals surface area contributed by atoms with Gasteiger partial charge in [-0.15, -0.1) is 11.3 Å². The molecule has 0 saturated heterocycles. The zero-order valence-electron chi connectivity index (χ0n) is 15.0. The number of amides is 1. The van der Waals surface area contributed by atoms with Crippen molar-refractivity contribution in [2.24, 2.45) is 0 Å². The summed E-state index contributed by atoms with van der Waals surface area (Å²) in [4.78, 5) is 16.8. The Morgan fingerprint density at radius 2 is 2.00 bits per heavy atom. The van der Waals surface area contributed by atoms with Crippen LogP contribution >= 0.6 is 22.9 Å². The zero-order valence-corrected chi connectivity index (χ0v) is 16.6. The Kier molecular flexibility index (Phi) is 6.32. The van der Waals surface area contributed by atoms with Crippen LogP contribution in [0, 0.1) is 0 Å². The van der Waals surface area contributed by atoms with Crippen molar-refractivity contribution in [3.63, 3.8) is 0 Å². The van der Waals surface area contributed by atoms with Gasteiger partial charge in [-0.1, -0.05) is 29.8 Å². The maximum atomic E-state index is 12.2. The van der Waals surface area contributed by atoms with Crippen LogP contribution in [0.15, 0.2) is 47.8 Å². The van der Waals surface area contributed by atoms with E-state index in [1.165, 1.54) is 11.3 Å². The topological polar surface area (TPSA) is 60.5 Å². The second-order valence-corrected chi connectivity index (χ2v) is 7.06. The van der Waals surface area contributed by atoms with Gasteiger partial charge in [0.1, 0.15) is 5.01 Å². The number of para-hydroxylation sites is 1. The molecule has 0 atom stereocenters. The maximum absolute atomic E-state index is 12.2. The van der Waals surface area contributed by atoms with Gasteiger partial charge in [0.25, 0.3) is 0 Å². The second kappa shape index (κ2) is 8.88. The first-order valence-electron chi connectivity index (χ1n) is 8.27. The minimum atomic E-state index is -0.0931. The van der Waals surface area contributed by atoms with Crippen LogP contribution in [0.1, 0.15) is 11.3 Å². The summed E-state index contributed by atoms with van der Waals surface area (Å²) < 4.78 is 10.8. The normalized spacial score (nSPS) is 10.5. The Labute approximate surface area is 166 Å². The summed E-state index contributed by atoms with van der Waals surface area (Å²) >= 11 is 7.42. The third-order valence-corrected chi connectivity index (χ3v) is 5.06. The third kappa shape index (κ3) is 4.78. The number of halogens is 1. The lowest BCUT2D eigenvalue weighted by molar-refractivity contribution is -0.120. The summed E-state index contributed by atoms with van der Waals surface area (Å²) in [6, 6.07) is 13.0. The number of carbonyl (C=O) groups excluding carboxylic acids is 1. The molecule has 1 heterocycles. The van der Waals surface area contributed by atoms with Gasteiger partial charge < -0.3 is 14.8 Å². The molecule has 0 bridgehead atoms. The van der Waals surface area contributed by atoms with Crippen LogP contribution in [0.2, 0.25) is 5.02 Å². The fraction of sp³-hybridized carbons (Fsp3) is 0.200. The van der Waals surface area contributed by atoms with Gasteiger partial charge in [-0.05, 0) is 29.8 Å². The molecule has 0 unspecified atom stereocenters.